The number of para-hydroxylation sites is 4. The van der Waals surface area contributed by atoms with E-state index >= 15 is 0 Å². The lowest BCUT2D eigenvalue weighted by Gasteiger charge is -2.37. The molecule has 0 N–H and O–H groups in total. The van der Waals surface area contributed by atoms with Crippen LogP contribution in [0.1, 0.15) is 37.0 Å². The van der Waals surface area contributed by atoms with Crippen LogP contribution in [-0.4, -0.2) is 0 Å². The van der Waals surface area contributed by atoms with Gasteiger partial charge in [0.2, 0.25) is 0 Å². The Morgan fingerprint density at radius 3 is 1.66 bits per heavy atom. The second-order valence-electron chi connectivity index (χ2n) is 14.3. The molecule has 0 unspecified atom stereocenters. The van der Waals surface area contributed by atoms with Gasteiger partial charge in [0.1, 0.15) is 0 Å². The van der Waals surface area contributed by atoms with E-state index in [4.69, 9.17) is 0 Å². The van der Waals surface area contributed by atoms with E-state index in [1.165, 1.54) is 76.0 Å². The molecule has 1 aliphatic carbocycles. The number of aryl methyl sites for hydroxylation is 1. The summed E-state index contributed by atoms with van der Waals surface area (Å²) in [7, 11) is 3.53. The van der Waals surface area contributed by atoms with Gasteiger partial charge in [-0.1, -0.05) is 117 Å². The number of halogens is 2. The van der Waals surface area contributed by atoms with Crippen LogP contribution in [0.5, 0.6) is 0 Å². The summed E-state index contributed by atoms with van der Waals surface area (Å²) in [5, 5.41) is 7.85. The van der Waals surface area contributed by atoms with E-state index in [2.05, 4.69) is 212 Å². The molecule has 0 amide bonds. The minimum absolute atomic E-state index is 0.00674. The topological polar surface area (TPSA) is 6.48 Å². The van der Waals surface area contributed by atoms with Gasteiger partial charge < -0.3 is 9.80 Å². The third-order valence-corrected chi connectivity index (χ3v) is 14.8. The second kappa shape index (κ2) is 14.2. The van der Waals surface area contributed by atoms with Crippen molar-refractivity contribution in [1.82, 2.24) is 0 Å². The lowest BCUT2D eigenvalue weighted by atomic mass is 9.70. The van der Waals surface area contributed by atoms with Gasteiger partial charge in [0.25, 0.3) is 0 Å². The van der Waals surface area contributed by atoms with Crippen LogP contribution < -0.4 is 9.80 Å². The minimum atomic E-state index is 0.00674. The molecule has 0 heterocycles. The molecule has 260 valence electrons. The fraction of sp³-hybridized carbons (Fsp3) is 0.106. The van der Waals surface area contributed by atoms with Crippen LogP contribution in [0.15, 0.2) is 156 Å². The highest BCUT2D eigenvalue weighted by molar-refractivity contribution is 14.2. The monoisotopic (exact) mass is 946 g/mol. The van der Waals surface area contributed by atoms with Crippen molar-refractivity contribution in [3.8, 4) is 0 Å². The summed E-state index contributed by atoms with van der Waals surface area (Å²) in [6, 6.07) is 51.4. The fourth-order valence-corrected chi connectivity index (χ4v) is 11.4. The van der Waals surface area contributed by atoms with Gasteiger partial charge >= 0.3 is 0 Å². The van der Waals surface area contributed by atoms with Gasteiger partial charge in [-0.3, -0.25) is 0 Å². The van der Waals surface area contributed by atoms with E-state index in [-0.39, 0.29) is 5.41 Å². The number of hydrogen-bond acceptors (Lipinski definition) is 4. The molecule has 0 radical (unpaired) electrons. The number of hydrogen-bond donors (Lipinski definition) is 0. The predicted molar refractivity (Wildman–Crippen MR) is 251 cm³/mol. The molecule has 0 aromatic heterocycles. The van der Waals surface area contributed by atoms with Crippen LogP contribution in [-0.2, 0) is 11.8 Å². The van der Waals surface area contributed by atoms with Crippen molar-refractivity contribution >= 4 is 133 Å². The van der Waals surface area contributed by atoms with E-state index in [9.17, 15) is 0 Å². The molecule has 0 fully saturated rings. The minimum Gasteiger partial charge on any atom is -0.309 e. The molecule has 0 saturated heterocycles. The van der Waals surface area contributed by atoms with E-state index in [0.29, 0.717) is 0 Å². The summed E-state index contributed by atoms with van der Waals surface area (Å²) < 4.78 is 0. The molecule has 53 heavy (non-hydrogen) atoms. The highest BCUT2D eigenvalue weighted by Gasteiger charge is 2.34. The van der Waals surface area contributed by atoms with E-state index in [1.807, 2.05) is 6.08 Å². The summed E-state index contributed by atoms with van der Waals surface area (Å²) in [4.78, 5) is 7.41. The quantitative estimate of drug-likeness (QED) is 0.105. The van der Waals surface area contributed by atoms with Gasteiger partial charge in [0, 0.05) is 85.1 Å². The first-order valence-electron chi connectivity index (χ1n) is 17.8. The summed E-state index contributed by atoms with van der Waals surface area (Å²) in [6.45, 7) is 9.26. The van der Waals surface area contributed by atoms with Crippen molar-refractivity contribution in [3.05, 3.63) is 163 Å². The Morgan fingerprint density at radius 2 is 1.09 bits per heavy atom. The Labute approximate surface area is 344 Å². The molecule has 2 nitrogen and oxygen atoms in total. The highest BCUT2D eigenvalue weighted by atomic mass is 127. The molecule has 0 aliphatic heterocycles. The third kappa shape index (κ3) is 5.83. The van der Waals surface area contributed by atoms with Crippen molar-refractivity contribution in [2.24, 2.45) is 0 Å². The maximum Gasteiger partial charge on any atom is 0.0605 e. The zero-order valence-corrected chi connectivity index (χ0v) is 35.4. The Balaban J connectivity index is 1.46. The summed E-state index contributed by atoms with van der Waals surface area (Å²) in [5.74, 6) is 0. The molecule has 1 aliphatic rings. The zero-order chi connectivity index (χ0) is 36.3. The summed E-state index contributed by atoms with van der Waals surface area (Å²) >= 11 is 4.85. The van der Waals surface area contributed by atoms with Crippen molar-refractivity contribution in [1.29, 1.82) is 0 Å². The fourth-order valence-electron chi connectivity index (χ4n) is 8.41. The number of nitrogens with zero attached hydrogens (tertiary/aromatic N) is 2. The average molecular weight is 947 g/mol. The van der Waals surface area contributed by atoms with Gasteiger partial charge in [0.05, 0.1) is 22.7 Å². The SMILES string of the molecule is C=Cc1cc(N(c2ccccc2)c2ccccc2SI)c2cc3c4c(cc(N(c5ccccc5)c5ccccc5SI)c5ccc1c2c54)CCC3(C)C. The second-order valence-corrected chi connectivity index (χ2v) is 18.1. The normalized spacial score (nSPS) is 13.5. The van der Waals surface area contributed by atoms with Crippen molar-refractivity contribution < 1.29 is 0 Å². The van der Waals surface area contributed by atoms with E-state index in [0.717, 1.165) is 29.8 Å². The van der Waals surface area contributed by atoms with Gasteiger partial charge in [-0.2, -0.15) is 0 Å². The van der Waals surface area contributed by atoms with E-state index < -0.39 is 0 Å². The summed E-state index contributed by atoms with van der Waals surface area (Å²) in [5.41, 5.74) is 11.0. The van der Waals surface area contributed by atoms with Gasteiger partial charge in [-0.05, 0) is 112 Å². The average Bonchev–Trinajstić information content (AvgIpc) is 3.20. The van der Waals surface area contributed by atoms with Crippen LogP contribution in [0.2, 0.25) is 0 Å². The molecule has 0 atom stereocenters. The summed E-state index contributed by atoms with van der Waals surface area (Å²) in [6.07, 6.45) is 4.16. The molecule has 8 aromatic carbocycles. The predicted octanol–water partition coefficient (Wildman–Crippen LogP) is 16.3. The Hall–Kier alpha value is -3.70. The maximum absolute atomic E-state index is 4.39. The third-order valence-electron chi connectivity index (χ3n) is 10.9. The highest BCUT2D eigenvalue weighted by Crippen LogP contribution is 2.55. The molecule has 9 rings (SSSR count). The molecule has 0 spiro atoms. The number of benzene rings is 8. The molecule has 6 heteroatoms. The first kappa shape index (κ1) is 35.0. The van der Waals surface area contributed by atoms with Gasteiger partial charge in [0.15, 0.2) is 0 Å². The van der Waals surface area contributed by atoms with Crippen LogP contribution in [0.4, 0.5) is 34.1 Å². The van der Waals surface area contributed by atoms with Crippen LogP contribution >= 0.6 is 60.3 Å². The van der Waals surface area contributed by atoms with Crippen LogP contribution in [0.3, 0.4) is 0 Å². The molecule has 0 bridgehead atoms. The number of rotatable bonds is 9. The molecule has 0 saturated carbocycles. The lowest BCUT2D eigenvalue weighted by molar-refractivity contribution is 0.475. The number of anilines is 6. The van der Waals surface area contributed by atoms with Crippen molar-refractivity contribution in [2.75, 3.05) is 9.80 Å². The first-order valence-corrected chi connectivity index (χ1v) is 24.5. The largest absolute Gasteiger partial charge is 0.309 e. The van der Waals surface area contributed by atoms with E-state index in [1.54, 1.807) is 17.9 Å². The molecular weight excluding hydrogens is 910 g/mol. The maximum atomic E-state index is 4.39. The van der Waals surface area contributed by atoms with Crippen molar-refractivity contribution in [3.63, 3.8) is 0 Å². The van der Waals surface area contributed by atoms with Gasteiger partial charge in [-0.15, -0.1) is 0 Å². The van der Waals surface area contributed by atoms with Crippen LogP contribution in [0.25, 0.3) is 38.4 Å². The lowest BCUT2D eigenvalue weighted by Crippen LogP contribution is -2.24. The Bertz CT molecular complexity index is 2660. The molecular formula is C47H36I2N2S2. The van der Waals surface area contributed by atoms with Crippen LogP contribution in [0, 0.1) is 0 Å². The van der Waals surface area contributed by atoms with Crippen molar-refractivity contribution in [2.45, 2.75) is 41.9 Å². The Kier molecular flexibility index (Phi) is 9.37. The van der Waals surface area contributed by atoms with Gasteiger partial charge in [-0.25, -0.2) is 0 Å². The smallest absolute Gasteiger partial charge is 0.0605 e. The first-order chi connectivity index (χ1) is 25.9. The molecule has 8 aromatic rings. The zero-order valence-electron chi connectivity index (χ0n) is 29.4. The Morgan fingerprint density at radius 1 is 0.566 bits per heavy atom. The standard InChI is InChI=1S/C47H36I2N2S2/c1-4-30-27-41(51(33-17-9-6-10-18-33)39-20-12-14-22-43(39)53-49)36-29-37-44-31(25-26-47(37,2)3)28-40(35-24-23-34(30)45(36)46(35)44)50(32-15-7-5-8-16-32)38-19-11-13-21-42(38)52-48/h4-24,27-29H,1,25-26H2,2-3H3.